The maximum absolute atomic E-state index is 13.2. The third-order valence-corrected chi connectivity index (χ3v) is 5.71. The summed E-state index contributed by atoms with van der Waals surface area (Å²) < 4.78 is 40.4. The number of amides is 1. The van der Waals surface area contributed by atoms with Crippen LogP contribution in [0.25, 0.3) is 0 Å². The molecule has 0 spiro atoms. The van der Waals surface area contributed by atoms with E-state index in [0.717, 1.165) is 18.1 Å². The van der Waals surface area contributed by atoms with Crippen molar-refractivity contribution in [3.8, 4) is 0 Å². The molecule has 0 aliphatic heterocycles. The fourth-order valence-corrected chi connectivity index (χ4v) is 3.91. The van der Waals surface area contributed by atoms with Gasteiger partial charge in [0.15, 0.2) is 0 Å². The minimum absolute atomic E-state index is 0.0283. The predicted octanol–water partition coefficient (Wildman–Crippen LogP) is 3.03. The van der Waals surface area contributed by atoms with Gasteiger partial charge in [0.1, 0.15) is 5.82 Å². The van der Waals surface area contributed by atoms with Gasteiger partial charge in [-0.1, -0.05) is 19.1 Å². The lowest BCUT2D eigenvalue weighted by Crippen LogP contribution is -2.37. The molecule has 0 radical (unpaired) electrons. The zero-order valence-electron chi connectivity index (χ0n) is 15.1. The summed E-state index contributed by atoms with van der Waals surface area (Å²) in [5.74, 6) is -0.661. The molecule has 0 saturated carbocycles. The number of sulfonamides is 1. The van der Waals surface area contributed by atoms with Crippen LogP contribution in [0.2, 0.25) is 0 Å². The molecule has 0 fully saturated rings. The second-order valence-electron chi connectivity index (χ2n) is 6.00. The van der Waals surface area contributed by atoms with Gasteiger partial charge in [0.2, 0.25) is 15.9 Å². The molecule has 0 unspecified atom stereocenters. The van der Waals surface area contributed by atoms with Crippen molar-refractivity contribution < 1.29 is 17.6 Å². The van der Waals surface area contributed by atoms with Gasteiger partial charge in [-0.15, -0.1) is 0 Å². The van der Waals surface area contributed by atoms with Crippen LogP contribution in [0.5, 0.6) is 0 Å². The van der Waals surface area contributed by atoms with Crippen molar-refractivity contribution in [1.82, 2.24) is 4.72 Å². The van der Waals surface area contributed by atoms with Gasteiger partial charge in [-0.2, -0.15) is 0 Å². The Labute approximate surface area is 153 Å². The summed E-state index contributed by atoms with van der Waals surface area (Å²) in [5, 5.41) is 0. The molecule has 1 amide bonds. The number of carbonyl (C=O) groups is 1. The molecule has 0 heterocycles. The first-order valence-corrected chi connectivity index (χ1v) is 9.85. The lowest BCUT2D eigenvalue weighted by molar-refractivity contribution is -0.116. The average molecular weight is 378 g/mol. The summed E-state index contributed by atoms with van der Waals surface area (Å²) in [5.41, 5.74) is 2.20. The van der Waals surface area contributed by atoms with Crippen molar-refractivity contribution in [3.05, 3.63) is 59.4 Å². The van der Waals surface area contributed by atoms with Gasteiger partial charge >= 0.3 is 0 Å². The Morgan fingerprint density at radius 1 is 1.15 bits per heavy atom. The summed E-state index contributed by atoms with van der Waals surface area (Å²) in [7, 11) is -3.78. The molecule has 7 heteroatoms. The van der Waals surface area contributed by atoms with E-state index in [-0.39, 0.29) is 23.9 Å². The molecule has 140 valence electrons. The second-order valence-corrected chi connectivity index (χ2v) is 7.73. The SMILES string of the molecule is CCc1ccc(N(CCNS(=O)(=O)c2ccc(F)cc2C)C(C)=O)cc1. The fourth-order valence-electron chi connectivity index (χ4n) is 2.66. The Balaban J connectivity index is 2.08. The van der Waals surface area contributed by atoms with Crippen molar-refractivity contribution in [1.29, 1.82) is 0 Å². The molecular weight excluding hydrogens is 355 g/mol. The maximum Gasteiger partial charge on any atom is 0.240 e. The first kappa shape index (κ1) is 20.1. The molecule has 26 heavy (non-hydrogen) atoms. The number of hydrogen-bond acceptors (Lipinski definition) is 3. The van der Waals surface area contributed by atoms with Crippen molar-refractivity contribution in [2.45, 2.75) is 32.1 Å². The highest BCUT2D eigenvalue weighted by Crippen LogP contribution is 2.17. The van der Waals surface area contributed by atoms with E-state index in [2.05, 4.69) is 4.72 Å². The van der Waals surface area contributed by atoms with E-state index >= 15 is 0 Å². The zero-order chi connectivity index (χ0) is 19.3. The van der Waals surface area contributed by atoms with Crippen molar-refractivity contribution in [2.75, 3.05) is 18.0 Å². The summed E-state index contributed by atoms with van der Waals surface area (Å²) in [6, 6.07) is 11.1. The standard InChI is InChI=1S/C19H23FN2O3S/c1-4-16-5-8-18(9-6-16)22(15(3)23)12-11-21-26(24,25)19-10-7-17(20)13-14(19)2/h5-10,13,21H,4,11-12H2,1-3H3. The number of benzene rings is 2. The Bertz CT molecular complexity index is 880. The van der Waals surface area contributed by atoms with E-state index in [1.807, 2.05) is 31.2 Å². The normalized spacial score (nSPS) is 11.4. The largest absolute Gasteiger partial charge is 0.311 e. The zero-order valence-corrected chi connectivity index (χ0v) is 15.9. The third kappa shape index (κ3) is 4.89. The average Bonchev–Trinajstić information content (AvgIpc) is 2.58. The molecule has 0 atom stereocenters. The highest BCUT2D eigenvalue weighted by Gasteiger charge is 2.18. The van der Waals surface area contributed by atoms with E-state index in [4.69, 9.17) is 0 Å². The molecule has 5 nitrogen and oxygen atoms in total. The third-order valence-electron chi connectivity index (χ3n) is 4.09. The van der Waals surface area contributed by atoms with E-state index in [1.165, 1.54) is 30.9 Å². The molecule has 2 aromatic carbocycles. The molecule has 0 bridgehead atoms. The van der Waals surface area contributed by atoms with Crippen LogP contribution in [0.4, 0.5) is 10.1 Å². The van der Waals surface area contributed by atoms with E-state index in [9.17, 15) is 17.6 Å². The number of halogens is 1. The lowest BCUT2D eigenvalue weighted by atomic mass is 10.1. The van der Waals surface area contributed by atoms with Crippen LogP contribution >= 0.6 is 0 Å². The minimum atomic E-state index is -3.78. The molecule has 0 saturated heterocycles. The molecule has 0 aromatic heterocycles. The number of anilines is 1. The number of nitrogens with zero attached hydrogens (tertiary/aromatic N) is 1. The number of hydrogen-bond donors (Lipinski definition) is 1. The summed E-state index contributed by atoms with van der Waals surface area (Å²) >= 11 is 0. The number of carbonyl (C=O) groups excluding carboxylic acids is 1. The van der Waals surface area contributed by atoms with E-state index < -0.39 is 15.8 Å². The van der Waals surface area contributed by atoms with Gasteiger partial charge in [0, 0.05) is 25.7 Å². The Hall–Kier alpha value is -2.25. The second kappa shape index (κ2) is 8.42. The minimum Gasteiger partial charge on any atom is -0.311 e. The summed E-state index contributed by atoms with van der Waals surface area (Å²) in [6.45, 7) is 5.26. The van der Waals surface area contributed by atoms with Crippen LogP contribution in [0.1, 0.15) is 25.0 Å². The Morgan fingerprint density at radius 3 is 2.35 bits per heavy atom. The van der Waals surface area contributed by atoms with Crippen molar-refractivity contribution in [2.24, 2.45) is 0 Å². The van der Waals surface area contributed by atoms with Crippen LogP contribution in [0, 0.1) is 12.7 Å². The number of aryl methyl sites for hydroxylation is 2. The highest BCUT2D eigenvalue weighted by atomic mass is 32.2. The smallest absolute Gasteiger partial charge is 0.240 e. The molecule has 2 rings (SSSR count). The van der Waals surface area contributed by atoms with Gasteiger partial charge < -0.3 is 4.90 Å². The van der Waals surface area contributed by atoms with Crippen LogP contribution in [0.3, 0.4) is 0 Å². The Kier molecular flexibility index (Phi) is 6.50. The maximum atomic E-state index is 13.2. The molecule has 0 aliphatic rings. The molecular formula is C19H23FN2O3S. The first-order valence-electron chi connectivity index (χ1n) is 8.37. The molecule has 0 aliphatic carbocycles. The van der Waals surface area contributed by atoms with Crippen LogP contribution in [0.15, 0.2) is 47.4 Å². The van der Waals surface area contributed by atoms with Crippen LogP contribution < -0.4 is 9.62 Å². The predicted molar refractivity (Wildman–Crippen MR) is 100 cm³/mol. The summed E-state index contributed by atoms with van der Waals surface area (Å²) in [6.07, 6.45) is 0.900. The summed E-state index contributed by atoms with van der Waals surface area (Å²) in [4.78, 5) is 13.5. The van der Waals surface area contributed by atoms with Crippen molar-refractivity contribution >= 4 is 21.6 Å². The number of rotatable bonds is 7. The first-order chi connectivity index (χ1) is 12.2. The van der Waals surface area contributed by atoms with Crippen LogP contribution in [-0.4, -0.2) is 27.4 Å². The van der Waals surface area contributed by atoms with Gasteiger partial charge in [-0.3, -0.25) is 4.79 Å². The number of nitrogens with one attached hydrogen (secondary N) is 1. The van der Waals surface area contributed by atoms with Gasteiger partial charge in [-0.25, -0.2) is 17.5 Å². The van der Waals surface area contributed by atoms with Gasteiger partial charge in [0.05, 0.1) is 4.90 Å². The van der Waals surface area contributed by atoms with Gasteiger partial charge in [-0.05, 0) is 54.8 Å². The molecule has 1 N–H and O–H groups in total. The van der Waals surface area contributed by atoms with Gasteiger partial charge in [0.25, 0.3) is 0 Å². The van der Waals surface area contributed by atoms with Crippen molar-refractivity contribution in [3.63, 3.8) is 0 Å². The highest BCUT2D eigenvalue weighted by molar-refractivity contribution is 7.89. The Morgan fingerprint density at radius 2 is 1.81 bits per heavy atom. The topological polar surface area (TPSA) is 66.5 Å². The molecule has 2 aromatic rings. The van der Waals surface area contributed by atoms with Crippen LogP contribution in [-0.2, 0) is 21.2 Å². The van der Waals surface area contributed by atoms with E-state index in [0.29, 0.717) is 11.3 Å². The lowest BCUT2D eigenvalue weighted by Gasteiger charge is -2.22. The fraction of sp³-hybridized carbons (Fsp3) is 0.316. The van der Waals surface area contributed by atoms with E-state index in [1.54, 1.807) is 0 Å². The quantitative estimate of drug-likeness (QED) is 0.805. The monoisotopic (exact) mass is 378 g/mol.